The van der Waals surface area contributed by atoms with Gasteiger partial charge < -0.3 is 9.47 Å². The topological polar surface area (TPSA) is 56.5 Å². The Morgan fingerprint density at radius 1 is 1.39 bits per heavy atom. The fourth-order valence-corrected chi connectivity index (χ4v) is 1.95. The molecule has 0 fully saturated rings. The second kappa shape index (κ2) is 8.08. The Hall–Kier alpha value is -1.10. The van der Waals surface area contributed by atoms with Crippen molar-refractivity contribution in [3.63, 3.8) is 0 Å². The third kappa shape index (κ3) is 4.64. The zero-order valence-electron chi connectivity index (χ0n) is 11.5. The standard InChI is InChI=1S/C14H24N2O2/c1-4-18-8-7-13(16-15)10-12-9-11(2)5-6-14(12)17-3/h5-6,9,13,16H,4,7-8,10,15H2,1-3H3. The van der Waals surface area contributed by atoms with Crippen LogP contribution in [0.15, 0.2) is 18.2 Å². The van der Waals surface area contributed by atoms with E-state index in [1.165, 1.54) is 11.1 Å². The molecule has 0 aliphatic rings. The van der Waals surface area contributed by atoms with E-state index in [0.29, 0.717) is 0 Å². The molecule has 0 saturated carbocycles. The predicted molar refractivity (Wildman–Crippen MR) is 73.7 cm³/mol. The minimum Gasteiger partial charge on any atom is -0.496 e. The van der Waals surface area contributed by atoms with Gasteiger partial charge >= 0.3 is 0 Å². The third-order valence-electron chi connectivity index (χ3n) is 2.95. The predicted octanol–water partition coefficient (Wildman–Crippen LogP) is 1.80. The molecule has 0 aliphatic carbocycles. The first kappa shape index (κ1) is 15.0. The summed E-state index contributed by atoms with van der Waals surface area (Å²) in [6.45, 7) is 5.53. The molecule has 4 heteroatoms. The normalized spacial score (nSPS) is 12.4. The molecule has 1 rings (SSSR count). The van der Waals surface area contributed by atoms with Gasteiger partial charge in [-0.25, -0.2) is 0 Å². The summed E-state index contributed by atoms with van der Waals surface area (Å²) in [5, 5.41) is 0. The number of methoxy groups -OCH3 is 1. The Morgan fingerprint density at radius 3 is 2.78 bits per heavy atom. The molecule has 102 valence electrons. The maximum Gasteiger partial charge on any atom is 0.122 e. The molecule has 18 heavy (non-hydrogen) atoms. The first-order chi connectivity index (χ1) is 8.71. The van der Waals surface area contributed by atoms with Crippen LogP contribution in [-0.2, 0) is 11.2 Å². The van der Waals surface area contributed by atoms with E-state index in [0.717, 1.165) is 31.8 Å². The zero-order valence-corrected chi connectivity index (χ0v) is 11.5. The smallest absolute Gasteiger partial charge is 0.122 e. The minimum absolute atomic E-state index is 0.201. The Morgan fingerprint density at radius 2 is 2.17 bits per heavy atom. The fraction of sp³-hybridized carbons (Fsp3) is 0.571. The summed E-state index contributed by atoms with van der Waals surface area (Å²) in [5.41, 5.74) is 5.25. The van der Waals surface area contributed by atoms with Crippen molar-refractivity contribution in [1.29, 1.82) is 0 Å². The molecule has 0 spiro atoms. The van der Waals surface area contributed by atoms with Crippen molar-refractivity contribution < 1.29 is 9.47 Å². The van der Waals surface area contributed by atoms with Gasteiger partial charge in [-0.1, -0.05) is 17.7 Å². The Kier molecular flexibility index (Phi) is 6.72. The number of rotatable bonds is 8. The lowest BCUT2D eigenvalue weighted by molar-refractivity contribution is 0.136. The van der Waals surface area contributed by atoms with Crippen molar-refractivity contribution in [1.82, 2.24) is 5.43 Å². The third-order valence-corrected chi connectivity index (χ3v) is 2.95. The number of hydrogen-bond donors (Lipinski definition) is 2. The Bertz CT molecular complexity index is 356. The molecule has 0 aliphatic heterocycles. The number of aryl methyl sites for hydroxylation is 1. The Balaban J connectivity index is 2.65. The molecule has 0 radical (unpaired) electrons. The number of hydrogen-bond acceptors (Lipinski definition) is 4. The first-order valence-electron chi connectivity index (χ1n) is 6.38. The molecule has 1 aromatic carbocycles. The van der Waals surface area contributed by atoms with Crippen molar-refractivity contribution in [2.45, 2.75) is 32.7 Å². The van der Waals surface area contributed by atoms with E-state index in [4.69, 9.17) is 15.3 Å². The molecule has 0 saturated heterocycles. The average Bonchev–Trinajstić information content (AvgIpc) is 2.38. The van der Waals surface area contributed by atoms with E-state index in [1.807, 2.05) is 19.1 Å². The molecular weight excluding hydrogens is 228 g/mol. The van der Waals surface area contributed by atoms with Crippen molar-refractivity contribution in [3.8, 4) is 5.75 Å². The molecule has 1 aromatic rings. The van der Waals surface area contributed by atoms with E-state index in [2.05, 4.69) is 18.4 Å². The molecule has 0 amide bonds. The molecule has 0 heterocycles. The first-order valence-corrected chi connectivity index (χ1v) is 6.38. The summed E-state index contributed by atoms with van der Waals surface area (Å²) in [7, 11) is 1.69. The number of hydrazine groups is 1. The van der Waals surface area contributed by atoms with E-state index in [1.54, 1.807) is 7.11 Å². The van der Waals surface area contributed by atoms with E-state index in [9.17, 15) is 0 Å². The Labute approximate surface area is 109 Å². The quantitative estimate of drug-likeness (QED) is 0.421. The maximum absolute atomic E-state index is 5.59. The second-order valence-corrected chi connectivity index (χ2v) is 4.37. The van der Waals surface area contributed by atoms with Crippen LogP contribution in [0.3, 0.4) is 0 Å². The summed E-state index contributed by atoms with van der Waals surface area (Å²) in [5.74, 6) is 6.50. The lowest BCUT2D eigenvalue weighted by Gasteiger charge is -2.18. The molecule has 3 N–H and O–H groups in total. The van der Waals surface area contributed by atoms with Crippen molar-refractivity contribution in [2.75, 3.05) is 20.3 Å². The van der Waals surface area contributed by atoms with Gasteiger partial charge in [0.25, 0.3) is 0 Å². The molecule has 1 unspecified atom stereocenters. The molecule has 0 aromatic heterocycles. The molecule has 4 nitrogen and oxygen atoms in total. The zero-order chi connectivity index (χ0) is 13.4. The van der Waals surface area contributed by atoms with Crippen LogP contribution >= 0.6 is 0 Å². The summed E-state index contributed by atoms with van der Waals surface area (Å²) in [4.78, 5) is 0. The highest BCUT2D eigenvalue weighted by Gasteiger charge is 2.11. The summed E-state index contributed by atoms with van der Waals surface area (Å²) < 4.78 is 10.7. The highest BCUT2D eigenvalue weighted by Crippen LogP contribution is 2.21. The number of nitrogens with two attached hydrogens (primary N) is 1. The second-order valence-electron chi connectivity index (χ2n) is 4.37. The van der Waals surface area contributed by atoms with E-state index < -0.39 is 0 Å². The summed E-state index contributed by atoms with van der Waals surface area (Å²) >= 11 is 0. The van der Waals surface area contributed by atoms with Crippen LogP contribution in [0.5, 0.6) is 5.75 Å². The molecular formula is C14H24N2O2. The average molecular weight is 252 g/mol. The van der Waals surface area contributed by atoms with Crippen LogP contribution in [0, 0.1) is 6.92 Å². The van der Waals surface area contributed by atoms with Crippen LogP contribution in [0.4, 0.5) is 0 Å². The van der Waals surface area contributed by atoms with Gasteiger partial charge in [0.1, 0.15) is 5.75 Å². The van der Waals surface area contributed by atoms with Crippen molar-refractivity contribution in [2.24, 2.45) is 5.84 Å². The lowest BCUT2D eigenvalue weighted by Crippen LogP contribution is -2.37. The number of ether oxygens (including phenoxy) is 2. The van der Waals surface area contributed by atoms with E-state index in [-0.39, 0.29) is 6.04 Å². The summed E-state index contributed by atoms with van der Waals surface area (Å²) in [6.07, 6.45) is 1.73. The highest BCUT2D eigenvalue weighted by molar-refractivity contribution is 5.37. The minimum atomic E-state index is 0.201. The van der Waals surface area contributed by atoms with Crippen LogP contribution in [0.25, 0.3) is 0 Å². The molecule has 1 atom stereocenters. The van der Waals surface area contributed by atoms with Crippen LogP contribution < -0.4 is 16.0 Å². The van der Waals surface area contributed by atoms with Gasteiger partial charge in [0.15, 0.2) is 0 Å². The molecule has 0 bridgehead atoms. The van der Waals surface area contributed by atoms with Crippen LogP contribution in [0.2, 0.25) is 0 Å². The highest BCUT2D eigenvalue weighted by atomic mass is 16.5. The van der Waals surface area contributed by atoms with Gasteiger partial charge in [-0.2, -0.15) is 0 Å². The van der Waals surface area contributed by atoms with Gasteiger partial charge in [0, 0.05) is 19.3 Å². The van der Waals surface area contributed by atoms with Gasteiger partial charge in [-0.15, -0.1) is 0 Å². The van der Waals surface area contributed by atoms with Gasteiger partial charge in [-0.3, -0.25) is 11.3 Å². The maximum atomic E-state index is 5.59. The SMILES string of the molecule is CCOCCC(Cc1cc(C)ccc1OC)NN. The summed E-state index contributed by atoms with van der Waals surface area (Å²) in [6, 6.07) is 6.39. The number of nitrogens with one attached hydrogen (secondary N) is 1. The van der Waals surface area contributed by atoms with Gasteiger partial charge in [0.2, 0.25) is 0 Å². The van der Waals surface area contributed by atoms with E-state index >= 15 is 0 Å². The van der Waals surface area contributed by atoms with Crippen LogP contribution in [-0.4, -0.2) is 26.4 Å². The van der Waals surface area contributed by atoms with Gasteiger partial charge in [0.05, 0.1) is 7.11 Å². The monoisotopic (exact) mass is 252 g/mol. The van der Waals surface area contributed by atoms with Gasteiger partial charge in [-0.05, 0) is 38.3 Å². The van der Waals surface area contributed by atoms with Crippen LogP contribution in [0.1, 0.15) is 24.5 Å². The fourth-order valence-electron chi connectivity index (χ4n) is 1.95. The van der Waals surface area contributed by atoms with Crippen molar-refractivity contribution >= 4 is 0 Å². The number of benzene rings is 1. The lowest BCUT2D eigenvalue weighted by atomic mass is 10.0. The van der Waals surface area contributed by atoms with Crippen molar-refractivity contribution in [3.05, 3.63) is 29.3 Å². The largest absolute Gasteiger partial charge is 0.496 e.